The zero-order valence-electron chi connectivity index (χ0n) is 54.9. The fourth-order valence-corrected chi connectivity index (χ4v) is 13.1. The normalized spacial score (nSPS) is 49.4. The summed E-state index contributed by atoms with van der Waals surface area (Å²) in [6.07, 6.45) is -87.2. The summed E-state index contributed by atoms with van der Waals surface area (Å²) in [5, 5.41) is 296. The average Bonchev–Trinajstić information content (AvgIpc) is 0.760. The highest BCUT2D eigenvalue weighted by atomic mass is 16.8. The second-order valence-corrected chi connectivity index (χ2v) is 26.7. The summed E-state index contributed by atoms with van der Waals surface area (Å²) in [5.41, 5.74) is 23.8. The van der Waals surface area contributed by atoms with E-state index in [2.05, 4.69) is 0 Å². The Labute approximate surface area is 587 Å². The molecule has 0 aliphatic carbocycles. The van der Waals surface area contributed by atoms with Gasteiger partial charge in [0.1, 0.15) is 171 Å². The van der Waals surface area contributed by atoms with Crippen LogP contribution in [0.1, 0.15) is 19.8 Å². The van der Waals surface area contributed by atoms with Crippen LogP contribution in [0.3, 0.4) is 0 Å². The van der Waals surface area contributed by atoms with Crippen LogP contribution in [-0.4, -0.2) is 465 Å². The highest BCUT2D eigenvalue weighted by Crippen LogP contribution is 2.42. The van der Waals surface area contributed by atoms with Crippen molar-refractivity contribution >= 4 is 11.9 Å². The van der Waals surface area contributed by atoms with Crippen molar-refractivity contribution in [1.82, 2.24) is 0 Å². The fourth-order valence-electron chi connectivity index (χ4n) is 13.1. The van der Waals surface area contributed by atoms with Gasteiger partial charge in [-0.15, -0.1) is 0 Å². The minimum Gasteiger partial charge on any atom is -0.477 e. The van der Waals surface area contributed by atoms with Crippen molar-refractivity contribution < 1.29 is 219 Å². The van der Waals surface area contributed by atoms with Gasteiger partial charge < -0.3 is 232 Å². The van der Waals surface area contributed by atoms with Crippen LogP contribution in [0.2, 0.25) is 0 Å². The molecule has 8 saturated heterocycles. The van der Waals surface area contributed by atoms with Crippen LogP contribution in [0.5, 0.6) is 0 Å². The van der Waals surface area contributed by atoms with Crippen LogP contribution in [0.25, 0.3) is 0 Å². The van der Waals surface area contributed by atoms with Gasteiger partial charge in [0.25, 0.3) is 11.6 Å². The standard InChI is InChI=1S/C56H98N4O44/c1-11(65)21(57)43-22(58)12(66)2-55(104-43,53(86)87)91-10-20-27(74)30(77)35(82)49(95-20)102-46-41(16(70)6-63)99-51(37(84)44(46)100-52-45(34(81)33(80)39(97-52)15(69)5-62)101-50-36(83)31(78)32(79)38(96-50)14(68)4-61)98-40-13(67)3-56(54(88)89,103-42(40)17(71)7-64)92-9-19-26(73)29(76)24(60)48(94-19)90-8-18-25(72)28(75)23(59)47(85)93-18/h11-52,61-85H,2-10,57-60H2,1H3,(H,86,87)(H,88,89)/t11-,12-,13+,14-,15-,16+,17+,18+,19+,20+,21-,22-,23+,24+,25+,26+,27+,28+,29+,30-,31-,32-,33-,34-,35+,36-,37-,38+,39+,40+,41+,42+,43-,44+,45-,46+,47-,48+,49-,50+,51-,52+,55+,56?/m0/s1. The number of rotatable bonds is 29. The van der Waals surface area contributed by atoms with Gasteiger partial charge in [0, 0.05) is 12.8 Å². The van der Waals surface area contributed by atoms with Gasteiger partial charge in [-0.25, -0.2) is 9.59 Å². The van der Waals surface area contributed by atoms with Crippen LogP contribution in [0.15, 0.2) is 0 Å². The number of carbonyl (C=O) groups is 2. The second-order valence-electron chi connectivity index (χ2n) is 26.7. The molecule has 0 aromatic heterocycles. The molecule has 0 bridgehead atoms. The van der Waals surface area contributed by atoms with Crippen LogP contribution in [0, 0.1) is 0 Å². The van der Waals surface area contributed by atoms with Gasteiger partial charge in [-0.3, -0.25) is 0 Å². The molecule has 0 saturated carbocycles. The van der Waals surface area contributed by atoms with E-state index in [1.165, 1.54) is 6.92 Å². The third kappa shape index (κ3) is 18.0. The van der Waals surface area contributed by atoms with E-state index < -0.39 is 340 Å². The van der Waals surface area contributed by atoms with Crippen LogP contribution < -0.4 is 22.9 Å². The maximum Gasteiger partial charge on any atom is 0.364 e. The van der Waals surface area contributed by atoms with Crippen LogP contribution in [-0.2, 0) is 80.6 Å². The van der Waals surface area contributed by atoms with Gasteiger partial charge in [-0.05, 0) is 6.92 Å². The number of hydrogen-bond donors (Lipinski definition) is 31. The molecule has 0 radical (unpaired) electrons. The first-order valence-corrected chi connectivity index (χ1v) is 32.8. The predicted octanol–water partition coefficient (Wildman–Crippen LogP) is -20.4. The van der Waals surface area contributed by atoms with Crippen molar-refractivity contribution in [3.05, 3.63) is 0 Å². The molecule has 8 heterocycles. The summed E-state index contributed by atoms with van der Waals surface area (Å²) < 4.78 is 86.5. The van der Waals surface area contributed by atoms with Gasteiger partial charge >= 0.3 is 11.9 Å². The van der Waals surface area contributed by atoms with Crippen molar-refractivity contribution in [3.8, 4) is 0 Å². The summed E-state index contributed by atoms with van der Waals surface area (Å²) in [6.45, 7) is -7.31. The summed E-state index contributed by atoms with van der Waals surface area (Å²) >= 11 is 0. The average molecular weight is 1530 g/mol. The number of aliphatic carboxylic acids is 2. The zero-order valence-corrected chi connectivity index (χ0v) is 54.9. The molecule has 8 rings (SSSR count). The highest BCUT2D eigenvalue weighted by Gasteiger charge is 2.63. The third-order valence-electron chi connectivity index (χ3n) is 19.5. The Bertz CT molecular complexity index is 2700. The third-order valence-corrected chi connectivity index (χ3v) is 19.5. The summed E-state index contributed by atoms with van der Waals surface area (Å²) in [7, 11) is 0. The van der Waals surface area contributed by atoms with Gasteiger partial charge in [0.05, 0.1) is 94.8 Å². The van der Waals surface area contributed by atoms with Crippen LogP contribution in [0.4, 0.5) is 0 Å². The van der Waals surface area contributed by atoms with Gasteiger partial charge in [0.2, 0.25) is 0 Å². The number of carboxylic acids is 2. The first-order valence-electron chi connectivity index (χ1n) is 32.8. The Kier molecular flexibility index (Phi) is 30.1. The van der Waals surface area contributed by atoms with Crippen molar-refractivity contribution in [2.45, 2.75) is 289 Å². The molecule has 0 aromatic rings. The number of aliphatic hydroxyl groups excluding tert-OH is 25. The summed E-state index contributed by atoms with van der Waals surface area (Å²) in [5.74, 6) is -10.3. The number of ether oxygens (including phenoxy) is 15. The van der Waals surface area contributed by atoms with E-state index >= 15 is 0 Å². The minimum absolute atomic E-state index is 0.746. The van der Waals surface area contributed by atoms with Crippen LogP contribution >= 0.6 is 0 Å². The molecule has 0 spiro atoms. The number of aliphatic hydroxyl groups is 25. The van der Waals surface area contributed by atoms with Crippen molar-refractivity contribution in [2.24, 2.45) is 22.9 Å². The predicted molar refractivity (Wildman–Crippen MR) is 317 cm³/mol. The van der Waals surface area contributed by atoms with Crippen molar-refractivity contribution in [3.63, 3.8) is 0 Å². The molecular formula is C56H98N4O44. The molecule has 606 valence electrons. The monoisotopic (exact) mass is 1530 g/mol. The Morgan fingerprint density at radius 2 is 0.788 bits per heavy atom. The maximum atomic E-state index is 13.4. The molecule has 8 aliphatic rings. The first kappa shape index (κ1) is 86.8. The van der Waals surface area contributed by atoms with E-state index in [4.69, 9.17) is 94.0 Å². The molecule has 44 atom stereocenters. The lowest BCUT2D eigenvalue weighted by atomic mass is 9.88. The van der Waals surface area contributed by atoms with E-state index in [0.29, 0.717) is 0 Å². The summed E-state index contributed by atoms with van der Waals surface area (Å²) in [6, 6.07) is -6.02. The maximum absolute atomic E-state index is 13.4. The molecule has 35 N–H and O–H groups in total. The van der Waals surface area contributed by atoms with E-state index in [1.807, 2.05) is 0 Å². The van der Waals surface area contributed by atoms with E-state index in [0.717, 1.165) is 0 Å². The molecule has 0 aromatic carbocycles. The first-order chi connectivity index (χ1) is 48.7. The SMILES string of the molecule is C[C@H](O)[C@H](N)[C@@H]1O[C@@](OC[C@H]2O[C@@H](O[C@H]3[C@H](O[C@H]4O[C@H]([C@@H](O)CO)[C@@H](O)[C@H](O)[C@@H]4O[C@H]4O[C@H]([C@@H](O)CO)[C@@H](O)[C@H](O)[C@@H]4O)[C@H](O)[C@@H](O[C@H]4[C@@H]([C@H](O)CO)OC(OC[C@H]5O[C@@H](OC[C@H]6O[C@H](O)[C@H](N)[C@@H](O)[C@@H]6O)[C@H](N)[C@@H](O)[C@@H]5O)(C(=O)O)C[C@H]4O)O[C@@H]3[C@H](O)CO)[C@H](O)[C@@H](O)[C@@H]2O)(C(=O)O)C[C@H](O)[C@@H]1N. The van der Waals surface area contributed by atoms with Gasteiger partial charge in [0.15, 0.2) is 37.7 Å². The molecule has 8 aliphatic heterocycles. The molecule has 48 nitrogen and oxygen atoms in total. The Morgan fingerprint density at radius 3 is 1.32 bits per heavy atom. The topological polar surface area (TPSA) is 823 Å². The van der Waals surface area contributed by atoms with Crippen molar-refractivity contribution in [2.75, 3.05) is 46.2 Å². The Balaban J connectivity index is 1.13. The second kappa shape index (κ2) is 36.1. The van der Waals surface area contributed by atoms with Gasteiger partial charge in [-0.2, -0.15) is 0 Å². The minimum atomic E-state index is -3.25. The molecule has 104 heavy (non-hydrogen) atoms. The molecular weight excluding hydrogens is 1430 g/mol. The highest BCUT2D eigenvalue weighted by molar-refractivity contribution is 5.76. The number of carboxylic acid groups (broad SMARTS) is 2. The number of hydrogen-bond acceptors (Lipinski definition) is 46. The van der Waals surface area contributed by atoms with Gasteiger partial charge in [-0.1, -0.05) is 0 Å². The molecule has 0 amide bonds. The molecule has 48 heteroatoms. The lowest BCUT2D eigenvalue weighted by molar-refractivity contribution is -0.416. The molecule has 8 fully saturated rings. The largest absolute Gasteiger partial charge is 0.477 e. The van der Waals surface area contributed by atoms with Crippen molar-refractivity contribution in [1.29, 1.82) is 0 Å². The van der Waals surface area contributed by atoms with E-state index in [-0.39, 0.29) is 0 Å². The smallest absolute Gasteiger partial charge is 0.364 e. The Hall–Kier alpha value is -2.82. The zero-order chi connectivity index (χ0) is 77.4. The fraction of sp³-hybridized carbons (Fsp3) is 0.964. The summed E-state index contributed by atoms with van der Waals surface area (Å²) in [4.78, 5) is 26.4. The van der Waals surface area contributed by atoms with E-state index in [9.17, 15) is 147 Å². The Morgan fingerprint density at radius 1 is 0.394 bits per heavy atom. The quantitative estimate of drug-likeness (QED) is 0.0331. The van der Waals surface area contributed by atoms with E-state index in [1.54, 1.807) is 0 Å². The lowest BCUT2D eigenvalue weighted by Crippen LogP contribution is -2.71. The molecule has 1 unspecified atom stereocenters. The number of nitrogens with two attached hydrogens (primary N) is 4. The lowest BCUT2D eigenvalue weighted by Gasteiger charge is -2.52.